The van der Waals surface area contributed by atoms with Crippen LogP contribution in [0, 0.1) is 5.92 Å². The van der Waals surface area contributed by atoms with Crippen molar-refractivity contribution in [3.63, 3.8) is 0 Å². The van der Waals surface area contributed by atoms with Crippen LogP contribution in [0.25, 0.3) is 0 Å². The minimum Gasteiger partial charge on any atom is -0.499 e. The first-order chi connectivity index (χ1) is 13.0. The van der Waals surface area contributed by atoms with Crippen molar-refractivity contribution in [1.29, 1.82) is 0 Å². The molecule has 0 unspecified atom stereocenters. The van der Waals surface area contributed by atoms with Crippen LogP contribution in [0.4, 0.5) is 4.79 Å². The van der Waals surface area contributed by atoms with E-state index in [-0.39, 0.29) is 6.03 Å². The lowest BCUT2D eigenvalue weighted by molar-refractivity contribution is 0.172. The van der Waals surface area contributed by atoms with Crippen molar-refractivity contribution in [2.45, 2.75) is 39.0 Å². The first-order valence-electron chi connectivity index (χ1n) is 9.40. The Morgan fingerprint density at radius 3 is 2.67 bits per heavy atom. The molecule has 1 N–H and O–H groups in total. The molecule has 2 aliphatic rings. The summed E-state index contributed by atoms with van der Waals surface area (Å²) in [5, 5.41) is 4.41. The molecule has 0 saturated carbocycles. The Morgan fingerprint density at radius 1 is 1.26 bits per heavy atom. The number of carbonyl (C=O) groups is 1. The van der Waals surface area contributed by atoms with Crippen molar-refractivity contribution in [3.8, 4) is 0 Å². The second kappa shape index (κ2) is 9.03. The fourth-order valence-corrected chi connectivity index (χ4v) is 4.18. The average Bonchev–Trinajstić information content (AvgIpc) is 2.65. The maximum atomic E-state index is 12.7. The molecule has 1 aromatic rings. The second-order valence-corrected chi connectivity index (χ2v) is 8.18. The normalized spacial score (nSPS) is 18.4. The highest BCUT2D eigenvalue weighted by Gasteiger charge is 2.25. The molecule has 2 amide bonds. The average molecular weight is 409 g/mol. The maximum Gasteiger partial charge on any atom is 0.321 e. The summed E-state index contributed by atoms with van der Waals surface area (Å²) in [7, 11) is 1.66. The molecule has 1 aliphatic carbocycles. The molecule has 1 heterocycles. The van der Waals surface area contributed by atoms with E-state index in [0.29, 0.717) is 10.9 Å². The van der Waals surface area contributed by atoms with E-state index in [4.69, 9.17) is 27.9 Å². The molecule has 1 saturated heterocycles. The van der Waals surface area contributed by atoms with Gasteiger partial charge in [0.2, 0.25) is 0 Å². The van der Waals surface area contributed by atoms with E-state index >= 15 is 0 Å². The summed E-state index contributed by atoms with van der Waals surface area (Å²) in [5.74, 6) is 1.37. The summed E-state index contributed by atoms with van der Waals surface area (Å²) >= 11 is 12.3. The molecule has 1 aromatic carbocycles. The summed E-state index contributed by atoms with van der Waals surface area (Å²) < 4.78 is 5.42. The second-order valence-electron chi connectivity index (χ2n) is 7.33. The third-order valence-corrected chi connectivity index (χ3v) is 5.94. The Hall–Kier alpha value is -1.65. The number of ether oxygens (including phenoxy) is 1. The smallest absolute Gasteiger partial charge is 0.321 e. The van der Waals surface area contributed by atoms with Crippen LogP contribution in [-0.4, -0.2) is 31.1 Å². The van der Waals surface area contributed by atoms with Gasteiger partial charge in [-0.15, -0.1) is 0 Å². The van der Waals surface area contributed by atoms with E-state index in [2.05, 4.69) is 12.2 Å². The van der Waals surface area contributed by atoms with Gasteiger partial charge in [-0.1, -0.05) is 34.8 Å². The van der Waals surface area contributed by atoms with E-state index in [1.807, 2.05) is 23.1 Å². The molecule has 0 radical (unpaired) electrons. The lowest BCUT2D eigenvalue weighted by Crippen LogP contribution is -2.44. The number of hydrogen-bond donors (Lipinski definition) is 1. The number of carbonyl (C=O) groups excluding carboxylic acids is 1. The molecule has 3 rings (SSSR count). The van der Waals surface area contributed by atoms with Crippen molar-refractivity contribution in [3.05, 3.63) is 56.9 Å². The number of rotatable bonds is 4. The van der Waals surface area contributed by atoms with Crippen LogP contribution in [0.2, 0.25) is 10.0 Å². The Labute approximate surface area is 171 Å². The first kappa shape index (κ1) is 20.1. The molecule has 0 bridgehead atoms. The number of piperidine rings is 1. The summed E-state index contributed by atoms with van der Waals surface area (Å²) in [6.07, 6.45) is 6.68. The van der Waals surface area contributed by atoms with Gasteiger partial charge in [-0.3, -0.25) is 0 Å². The molecule has 1 fully saturated rings. The quantitative estimate of drug-likeness (QED) is 0.708. The molecule has 6 heteroatoms. The number of halogens is 2. The zero-order valence-corrected chi connectivity index (χ0v) is 17.4. The third-order valence-electron chi connectivity index (χ3n) is 5.35. The predicted molar refractivity (Wildman–Crippen MR) is 110 cm³/mol. The zero-order chi connectivity index (χ0) is 19.4. The van der Waals surface area contributed by atoms with Crippen LogP contribution in [-0.2, 0) is 11.2 Å². The number of hydrogen-bond acceptors (Lipinski definition) is 2. The number of benzene rings is 1. The summed E-state index contributed by atoms with van der Waals surface area (Å²) in [6.45, 7) is 3.58. The molecule has 1 aliphatic heterocycles. The lowest BCUT2D eigenvalue weighted by atomic mass is 9.90. The van der Waals surface area contributed by atoms with Gasteiger partial charge in [-0.05, 0) is 62.3 Å². The number of likely N-dealkylation sites (tertiary alicyclic amines) is 1. The monoisotopic (exact) mass is 408 g/mol. The highest BCUT2D eigenvalue weighted by atomic mass is 35.5. The van der Waals surface area contributed by atoms with Crippen LogP contribution in [0.5, 0.6) is 0 Å². The van der Waals surface area contributed by atoms with E-state index in [9.17, 15) is 4.79 Å². The molecule has 146 valence electrons. The SMILES string of the molecule is COC1=C(NC(=O)N2CCC(Cc3ccc(Cl)cc3Cl)CC2)C=C(C)CC1. The van der Waals surface area contributed by atoms with Crippen LogP contribution >= 0.6 is 23.2 Å². The van der Waals surface area contributed by atoms with Gasteiger partial charge in [0.15, 0.2) is 0 Å². The van der Waals surface area contributed by atoms with Gasteiger partial charge in [0, 0.05) is 29.6 Å². The van der Waals surface area contributed by atoms with Crippen molar-refractivity contribution in [2.24, 2.45) is 5.92 Å². The van der Waals surface area contributed by atoms with E-state index in [0.717, 1.165) is 67.2 Å². The van der Waals surface area contributed by atoms with Crippen LogP contribution in [0.3, 0.4) is 0 Å². The Bertz CT molecular complexity index is 765. The van der Waals surface area contributed by atoms with Crippen molar-refractivity contribution < 1.29 is 9.53 Å². The third kappa shape index (κ3) is 5.20. The van der Waals surface area contributed by atoms with E-state index < -0.39 is 0 Å². The van der Waals surface area contributed by atoms with Gasteiger partial charge in [0.05, 0.1) is 12.8 Å². The van der Waals surface area contributed by atoms with Crippen LogP contribution in [0.1, 0.15) is 38.2 Å². The number of amides is 2. The number of methoxy groups -OCH3 is 1. The fourth-order valence-electron chi connectivity index (χ4n) is 3.69. The van der Waals surface area contributed by atoms with Gasteiger partial charge >= 0.3 is 6.03 Å². The van der Waals surface area contributed by atoms with Gasteiger partial charge < -0.3 is 15.0 Å². The lowest BCUT2D eigenvalue weighted by Gasteiger charge is -2.32. The predicted octanol–water partition coefficient (Wildman–Crippen LogP) is 5.56. The van der Waals surface area contributed by atoms with Crippen molar-refractivity contribution >= 4 is 29.2 Å². The fraction of sp³-hybridized carbons (Fsp3) is 0.476. The van der Waals surface area contributed by atoms with Crippen LogP contribution < -0.4 is 5.32 Å². The summed E-state index contributed by atoms with van der Waals surface area (Å²) in [5.41, 5.74) is 3.17. The minimum atomic E-state index is -0.0477. The van der Waals surface area contributed by atoms with Gasteiger partial charge in [-0.2, -0.15) is 0 Å². The Morgan fingerprint density at radius 2 is 2.00 bits per heavy atom. The first-order valence-corrected chi connectivity index (χ1v) is 10.2. The Kier molecular flexibility index (Phi) is 6.72. The highest BCUT2D eigenvalue weighted by molar-refractivity contribution is 6.35. The van der Waals surface area contributed by atoms with Gasteiger partial charge in [0.1, 0.15) is 5.76 Å². The topological polar surface area (TPSA) is 41.6 Å². The minimum absolute atomic E-state index is 0.0477. The van der Waals surface area contributed by atoms with Crippen molar-refractivity contribution in [1.82, 2.24) is 10.2 Å². The van der Waals surface area contributed by atoms with Gasteiger partial charge in [-0.25, -0.2) is 4.79 Å². The summed E-state index contributed by atoms with van der Waals surface area (Å²) in [6, 6.07) is 5.63. The molecule has 27 heavy (non-hydrogen) atoms. The van der Waals surface area contributed by atoms with E-state index in [1.165, 1.54) is 5.57 Å². The van der Waals surface area contributed by atoms with Gasteiger partial charge in [0.25, 0.3) is 0 Å². The number of nitrogens with one attached hydrogen (secondary N) is 1. The number of urea groups is 1. The Balaban J connectivity index is 1.54. The zero-order valence-electron chi connectivity index (χ0n) is 15.9. The molecular formula is C21H26Cl2N2O2. The van der Waals surface area contributed by atoms with Crippen LogP contribution in [0.15, 0.2) is 41.3 Å². The van der Waals surface area contributed by atoms with E-state index in [1.54, 1.807) is 13.2 Å². The molecular weight excluding hydrogens is 383 g/mol. The van der Waals surface area contributed by atoms with Crippen molar-refractivity contribution in [2.75, 3.05) is 20.2 Å². The summed E-state index contributed by atoms with van der Waals surface area (Å²) in [4.78, 5) is 14.5. The molecule has 0 atom stereocenters. The maximum absolute atomic E-state index is 12.7. The highest BCUT2D eigenvalue weighted by Crippen LogP contribution is 2.28. The standard InChI is InChI=1S/C21H26Cl2N2O2/c1-14-3-6-20(27-2)19(11-14)24-21(26)25-9-7-15(8-10-25)12-16-4-5-17(22)13-18(16)23/h4-5,11,13,15H,3,6-10,12H2,1-2H3,(H,24,26). The molecule has 0 aromatic heterocycles. The molecule has 0 spiro atoms. The molecule has 4 nitrogen and oxygen atoms in total. The largest absolute Gasteiger partial charge is 0.499 e. The number of allylic oxidation sites excluding steroid dienone is 3. The number of nitrogens with zero attached hydrogens (tertiary/aromatic N) is 1.